The third kappa shape index (κ3) is 7.58. The minimum atomic E-state index is -4.02. The third-order valence-corrected chi connectivity index (χ3v) is 16.5. The Bertz CT molecular complexity index is 2190. The molecule has 0 radical (unpaired) electrons. The number of pyridine rings is 1. The lowest BCUT2D eigenvalue weighted by molar-refractivity contribution is -0.144. The van der Waals surface area contributed by atoms with Crippen LogP contribution in [0.3, 0.4) is 0 Å². The number of fused-ring (bicyclic) bond motifs is 5. The first-order chi connectivity index (χ1) is 28.3. The summed E-state index contributed by atoms with van der Waals surface area (Å²) in [6.07, 6.45) is 15.3. The number of benzene rings is 1. The number of carbonyl (C=O) groups excluding carboxylic acids is 4. The van der Waals surface area contributed by atoms with Crippen molar-refractivity contribution in [2.75, 3.05) is 6.54 Å². The number of hydrogen-bond donors (Lipinski definition) is 3. The lowest BCUT2D eigenvalue weighted by Gasteiger charge is -2.48. The fourth-order valence-electron chi connectivity index (χ4n) is 10.1. The number of aromatic nitrogens is 1. The lowest BCUT2D eigenvalue weighted by Crippen LogP contribution is -2.70. The molecule has 2 aromatic rings. The summed E-state index contributed by atoms with van der Waals surface area (Å²) >= 11 is 0. The van der Waals surface area contributed by atoms with Gasteiger partial charge in [-0.25, -0.2) is 22.6 Å². The van der Waals surface area contributed by atoms with E-state index in [4.69, 9.17) is 14.5 Å². The zero-order chi connectivity index (χ0) is 41.2. The molecule has 318 valence electrons. The summed E-state index contributed by atoms with van der Waals surface area (Å²) in [7, 11) is -4.02. The molecule has 7 aliphatic rings. The normalized spacial score (nSPS) is 31.0. The second-order valence-electron chi connectivity index (χ2n) is 18.6. The predicted octanol–water partition coefficient (Wildman–Crippen LogP) is 6.13. The van der Waals surface area contributed by atoms with Crippen LogP contribution in [0.2, 0.25) is 0 Å². The molecular weight excluding hydrogens is 778 g/mol. The van der Waals surface area contributed by atoms with Gasteiger partial charge in [-0.15, -0.1) is 0 Å². The molecule has 4 heterocycles. The minimum absolute atomic E-state index is 0.0275. The Hall–Kier alpha value is -4.27. The number of ether oxygens (including phenoxy) is 2. The molecule has 4 saturated carbocycles. The number of hydrogen-bond acceptors (Lipinski definition) is 9. The monoisotopic (exact) mass is 833 g/mol. The maximum atomic E-state index is 15.1. The predicted molar refractivity (Wildman–Crippen MR) is 216 cm³/mol. The van der Waals surface area contributed by atoms with Gasteiger partial charge in [-0.2, -0.15) is 0 Å². The van der Waals surface area contributed by atoms with Crippen molar-refractivity contribution in [3.63, 3.8) is 0 Å². The first kappa shape index (κ1) is 40.2. The largest absolute Gasteiger partial charge is 0.483 e. The van der Waals surface area contributed by atoms with Crippen LogP contribution in [0.15, 0.2) is 30.4 Å². The van der Waals surface area contributed by atoms with E-state index in [0.29, 0.717) is 73.7 Å². The molecular formula is C44H56FN5O8S. The van der Waals surface area contributed by atoms with E-state index in [1.807, 2.05) is 18.2 Å². The molecule has 4 aliphatic carbocycles. The van der Waals surface area contributed by atoms with Gasteiger partial charge in [0.05, 0.1) is 17.0 Å². The Morgan fingerprint density at radius 3 is 2.47 bits per heavy atom. The summed E-state index contributed by atoms with van der Waals surface area (Å²) in [5.41, 5.74) is -0.733. The highest BCUT2D eigenvalue weighted by Gasteiger charge is 2.60. The van der Waals surface area contributed by atoms with Crippen molar-refractivity contribution in [3.8, 4) is 5.75 Å². The standard InChI is InChI=1S/C44H56FN5O8S/c1-42(23-24-42)59(55,56)49-40(53)44-22-19-28(44)11-6-3-2-4-9-16-33(46-41(54)57-29-12-7-5-8-13-29)39(52)50-26-43(25-34(50)38(51)48-44)21-20-31-30-14-10-15-32(45)36(30)47-35(27-17-18-27)37(31)58-43/h6,10-11,14-15,27-29,33-34H,2-5,7-9,12-13,16-26H2,1H3,(H,46,54)(H,48,51)(H,49,53). The van der Waals surface area contributed by atoms with Gasteiger partial charge in [-0.05, 0) is 109 Å². The van der Waals surface area contributed by atoms with Gasteiger partial charge >= 0.3 is 6.09 Å². The average molecular weight is 834 g/mol. The smallest absolute Gasteiger partial charge is 0.408 e. The fraction of sp³-hybridized carbons (Fsp3) is 0.659. The molecule has 5 unspecified atom stereocenters. The van der Waals surface area contributed by atoms with Crippen molar-refractivity contribution in [2.24, 2.45) is 5.92 Å². The topological polar surface area (TPSA) is 173 Å². The van der Waals surface area contributed by atoms with Crippen molar-refractivity contribution in [3.05, 3.63) is 47.4 Å². The highest BCUT2D eigenvalue weighted by Crippen LogP contribution is 2.51. The van der Waals surface area contributed by atoms with Gasteiger partial charge < -0.3 is 25.0 Å². The van der Waals surface area contributed by atoms with Crippen LogP contribution in [0.4, 0.5) is 9.18 Å². The SMILES string of the molecule is CC1(S(=O)(=O)NC(=O)C23CCC2C=CCCCCCC(NC(=O)OC2CCCCC2)C(=O)N2CC4(CCc5c(c(C6CC6)nc6c(F)cccc56)O4)CC2C(=O)N3)CC1. The van der Waals surface area contributed by atoms with Gasteiger partial charge in [-0.1, -0.05) is 43.5 Å². The van der Waals surface area contributed by atoms with E-state index in [2.05, 4.69) is 15.4 Å². The number of sulfonamides is 1. The Balaban J connectivity index is 1.06. The molecule has 5 fully saturated rings. The summed E-state index contributed by atoms with van der Waals surface area (Å²) < 4.78 is 56.0. The number of allylic oxidation sites excluding steroid dienone is 1. The first-order valence-electron chi connectivity index (χ1n) is 21.9. The number of rotatable bonds is 6. The van der Waals surface area contributed by atoms with Gasteiger partial charge in [0.15, 0.2) is 0 Å². The first-order valence-corrected chi connectivity index (χ1v) is 23.4. The van der Waals surface area contributed by atoms with Crippen molar-refractivity contribution in [2.45, 2.75) is 169 Å². The van der Waals surface area contributed by atoms with E-state index in [0.717, 1.165) is 63.4 Å². The second-order valence-corrected chi connectivity index (χ2v) is 20.8. The Kier molecular flexibility index (Phi) is 10.4. The van der Waals surface area contributed by atoms with Crippen molar-refractivity contribution in [1.29, 1.82) is 0 Å². The number of halogens is 1. The van der Waals surface area contributed by atoms with Crippen molar-refractivity contribution >= 4 is 44.7 Å². The summed E-state index contributed by atoms with van der Waals surface area (Å²) in [6.45, 7) is 1.63. The van der Waals surface area contributed by atoms with Crippen LogP contribution in [-0.2, 0) is 35.6 Å². The van der Waals surface area contributed by atoms with Gasteiger partial charge in [0.25, 0.3) is 5.91 Å². The zero-order valence-corrected chi connectivity index (χ0v) is 34.7. The van der Waals surface area contributed by atoms with E-state index < -0.39 is 73.5 Å². The Morgan fingerprint density at radius 2 is 1.75 bits per heavy atom. The summed E-state index contributed by atoms with van der Waals surface area (Å²) in [5, 5.41) is 6.58. The number of para-hydroxylation sites is 1. The van der Waals surface area contributed by atoms with E-state index >= 15 is 4.39 Å². The Morgan fingerprint density at radius 1 is 0.983 bits per heavy atom. The van der Waals surface area contributed by atoms with Crippen LogP contribution < -0.4 is 20.1 Å². The minimum Gasteiger partial charge on any atom is -0.483 e. The number of nitrogens with zero attached hydrogens (tertiary/aromatic N) is 2. The lowest BCUT2D eigenvalue weighted by atomic mass is 9.65. The molecule has 13 nitrogen and oxygen atoms in total. The van der Waals surface area contributed by atoms with Crippen LogP contribution >= 0.6 is 0 Å². The molecule has 3 N–H and O–H groups in total. The zero-order valence-electron chi connectivity index (χ0n) is 33.9. The van der Waals surface area contributed by atoms with E-state index in [-0.39, 0.29) is 31.4 Å². The second kappa shape index (κ2) is 15.3. The van der Waals surface area contributed by atoms with Gasteiger partial charge in [0.1, 0.15) is 46.4 Å². The van der Waals surface area contributed by atoms with Crippen molar-refractivity contribution < 1.29 is 41.5 Å². The molecule has 15 heteroatoms. The number of alkyl carbamates (subject to hydrolysis) is 1. The molecule has 1 aromatic heterocycles. The highest BCUT2D eigenvalue weighted by molar-refractivity contribution is 7.91. The highest BCUT2D eigenvalue weighted by atomic mass is 32.2. The average Bonchev–Trinajstić information content (AvgIpc) is 4.15. The third-order valence-electron chi connectivity index (χ3n) is 14.4. The molecule has 1 spiro atoms. The summed E-state index contributed by atoms with van der Waals surface area (Å²) in [5.74, 6) is -1.98. The van der Waals surface area contributed by atoms with Crippen molar-refractivity contribution in [1.82, 2.24) is 25.2 Å². The number of amides is 4. The number of aryl methyl sites for hydroxylation is 1. The molecule has 0 bridgehead atoms. The van der Waals surface area contributed by atoms with Crippen LogP contribution in [0.1, 0.15) is 140 Å². The molecule has 9 rings (SSSR count). The Labute approximate surface area is 345 Å². The van der Waals surface area contributed by atoms with Gasteiger partial charge in [0.2, 0.25) is 21.8 Å². The summed E-state index contributed by atoms with van der Waals surface area (Å²) in [4.78, 5) is 63.9. The van der Waals surface area contributed by atoms with E-state index in [1.165, 1.54) is 11.0 Å². The maximum absolute atomic E-state index is 15.1. The summed E-state index contributed by atoms with van der Waals surface area (Å²) in [6, 6.07) is 2.81. The molecule has 59 heavy (non-hydrogen) atoms. The van der Waals surface area contributed by atoms with Crippen LogP contribution in [0, 0.1) is 11.7 Å². The molecule has 1 saturated heterocycles. The van der Waals surface area contributed by atoms with Crippen LogP contribution in [-0.4, -0.2) is 82.7 Å². The fourth-order valence-corrected chi connectivity index (χ4v) is 11.4. The van der Waals surface area contributed by atoms with Gasteiger partial charge in [-0.3, -0.25) is 19.1 Å². The quantitative estimate of drug-likeness (QED) is 0.290. The van der Waals surface area contributed by atoms with Crippen LogP contribution in [0.25, 0.3) is 10.9 Å². The van der Waals surface area contributed by atoms with E-state index in [1.54, 1.807) is 13.0 Å². The molecule has 4 amide bonds. The van der Waals surface area contributed by atoms with Gasteiger partial charge in [0, 0.05) is 29.2 Å². The van der Waals surface area contributed by atoms with Crippen LogP contribution in [0.5, 0.6) is 5.75 Å². The molecule has 5 atom stereocenters. The molecule has 1 aromatic carbocycles. The van der Waals surface area contributed by atoms with E-state index in [9.17, 15) is 27.6 Å². The number of nitrogens with one attached hydrogen (secondary N) is 3. The maximum Gasteiger partial charge on any atom is 0.408 e. The number of carbonyl (C=O) groups is 4. The molecule has 3 aliphatic heterocycles.